The third kappa shape index (κ3) is 0.888. The molecular formula is C5H7B. The first-order chi connectivity index (χ1) is 2.93. The van der Waals surface area contributed by atoms with Gasteiger partial charge in [0.05, 0.1) is 7.85 Å². The van der Waals surface area contributed by atoms with Gasteiger partial charge in [0.25, 0.3) is 0 Å². The van der Waals surface area contributed by atoms with Crippen LogP contribution in [-0.4, -0.2) is 7.85 Å². The zero-order valence-electron chi connectivity index (χ0n) is 3.78. The lowest BCUT2D eigenvalue weighted by Crippen LogP contribution is -1.53. The fraction of sp³-hybridized carbons (Fsp3) is 0.600. The maximum atomic E-state index is 5.19. The van der Waals surface area contributed by atoms with Gasteiger partial charge in [0.1, 0.15) is 0 Å². The number of rotatable bonds is 1. The third-order valence-corrected chi connectivity index (χ3v) is 0.945. The van der Waals surface area contributed by atoms with E-state index in [-0.39, 0.29) is 0 Å². The maximum Gasteiger partial charge on any atom is 0.0708 e. The van der Waals surface area contributed by atoms with E-state index in [4.69, 9.17) is 7.85 Å². The molecule has 2 radical (unpaired) electrons. The van der Waals surface area contributed by atoms with Gasteiger partial charge >= 0.3 is 0 Å². The van der Waals surface area contributed by atoms with Crippen LogP contribution in [0.15, 0.2) is 11.6 Å². The molecular weight excluding hydrogens is 70.9 g/mol. The highest BCUT2D eigenvalue weighted by atomic mass is 14.1. The van der Waals surface area contributed by atoms with Crippen LogP contribution < -0.4 is 0 Å². The summed E-state index contributed by atoms with van der Waals surface area (Å²) in [7, 11) is 5.19. The summed E-state index contributed by atoms with van der Waals surface area (Å²) in [5.74, 6) is 0. The number of hydrogen-bond donors (Lipinski definition) is 0. The van der Waals surface area contributed by atoms with Gasteiger partial charge < -0.3 is 0 Å². The van der Waals surface area contributed by atoms with Crippen LogP contribution in [0, 0.1) is 0 Å². The SMILES string of the molecule is [B]CC=C1CC1. The van der Waals surface area contributed by atoms with Crippen molar-refractivity contribution in [3.8, 4) is 0 Å². The van der Waals surface area contributed by atoms with Gasteiger partial charge in [-0.05, 0) is 12.8 Å². The minimum atomic E-state index is 0.731. The molecule has 0 heterocycles. The fourth-order valence-electron chi connectivity index (χ4n) is 0.443. The van der Waals surface area contributed by atoms with E-state index in [9.17, 15) is 0 Å². The summed E-state index contributed by atoms with van der Waals surface area (Å²) in [5, 5.41) is 0. The lowest BCUT2D eigenvalue weighted by Gasteiger charge is -1.67. The summed E-state index contributed by atoms with van der Waals surface area (Å²) in [4.78, 5) is 0. The summed E-state index contributed by atoms with van der Waals surface area (Å²) in [6, 6.07) is 0. The van der Waals surface area contributed by atoms with Gasteiger partial charge in [-0.15, -0.1) is 0 Å². The molecule has 6 heavy (non-hydrogen) atoms. The van der Waals surface area contributed by atoms with E-state index in [2.05, 4.69) is 6.08 Å². The maximum absolute atomic E-state index is 5.19. The monoisotopic (exact) mass is 78.1 g/mol. The van der Waals surface area contributed by atoms with Crippen LogP contribution in [0.5, 0.6) is 0 Å². The second kappa shape index (κ2) is 1.50. The highest BCUT2D eigenvalue weighted by molar-refractivity contribution is 6.09. The van der Waals surface area contributed by atoms with Crippen molar-refractivity contribution >= 4 is 7.85 Å². The van der Waals surface area contributed by atoms with Crippen LogP contribution in [-0.2, 0) is 0 Å². The Morgan fingerprint density at radius 2 is 2.33 bits per heavy atom. The fourth-order valence-corrected chi connectivity index (χ4v) is 0.443. The predicted molar refractivity (Wildman–Crippen MR) is 27.9 cm³/mol. The summed E-state index contributed by atoms with van der Waals surface area (Å²) >= 11 is 0. The average molecular weight is 77.9 g/mol. The lowest BCUT2D eigenvalue weighted by atomic mass is 10.1. The van der Waals surface area contributed by atoms with Crippen molar-refractivity contribution in [2.24, 2.45) is 0 Å². The van der Waals surface area contributed by atoms with Crippen LogP contribution in [0.3, 0.4) is 0 Å². The predicted octanol–water partition coefficient (Wildman–Crippen LogP) is 1.29. The van der Waals surface area contributed by atoms with Crippen LogP contribution >= 0.6 is 0 Å². The standard InChI is InChI=1S/C5H7B/c6-4-3-5-1-2-5/h3H,1-2,4H2. The lowest BCUT2D eigenvalue weighted by molar-refractivity contribution is 1.50. The van der Waals surface area contributed by atoms with Crippen molar-refractivity contribution in [1.29, 1.82) is 0 Å². The van der Waals surface area contributed by atoms with Gasteiger partial charge in [-0.1, -0.05) is 18.0 Å². The van der Waals surface area contributed by atoms with Crippen molar-refractivity contribution in [1.82, 2.24) is 0 Å². The van der Waals surface area contributed by atoms with Crippen LogP contribution in [0.2, 0.25) is 6.32 Å². The van der Waals surface area contributed by atoms with Gasteiger partial charge in [0.2, 0.25) is 0 Å². The molecule has 0 nitrogen and oxygen atoms in total. The smallest absolute Gasteiger partial charge is 0.0708 e. The van der Waals surface area contributed by atoms with Crippen LogP contribution in [0.1, 0.15) is 12.8 Å². The molecule has 1 heteroatoms. The first-order valence-electron chi connectivity index (χ1n) is 2.31. The molecule has 0 saturated heterocycles. The molecule has 30 valence electrons. The van der Waals surface area contributed by atoms with Crippen molar-refractivity contribution in [2.45, 2.75) is 19.2 Å². The zero-order chi connectivity index (χ0) is 4.41. The highest BCUT2D eigenvalue weighted by Gasteiger charge is 2.07. The molecule has 0 aromatic rings. The molecule has 1 aliphatic carbocycles. The summed E-state index contributed by atoms with van der Waals surface area (Å²) < 4.78 is 0. The summed E-state index contributed by atoms with van der Waals surface area (Å²) in [6.45, 7) is 0. The Morgan fingerprint density at radius 1 is 1.67 bits per heavy atom. The third-order valence-electron chi connectivity index (χ3n) is 0.945. The van der Waals surface area contributed by atoms with E-state index < -0.39 is 0 Å². The van der Waals surface area contributed by atoms with Crippen LogP contribution in [0.25, 0.3) is 0 Å². The topological polar surface area (TPSA) is 0 Å². The Morgan fingerprint density at radius 3 is 2.50 bits per heavy atom. The second-order valence-corrected chi connectivity index (χ2v) is 1.60. The highest BCUT2D eigenvalue weighted by Crippen LogP contribution is 2.27. The van der Waals surface area contributed by atoms with Gasteiger partial charge in [-0.3, -0.25) is 0 Å². The number of hydrogen-bond acceptors (Lipinski definition) is 0. The molecule has 1 aliphatic rings. The van der Waals surface area contributed by atoms with E-state index in [0.717, 1.165) is 6.32 Å². The van der Waals surface area contributed by atoms with E-state index in [1.54, 1.807) is 0 Å². The normalized spacial score (nSPS) is 17.7. The van der Waals surface area contributed by atoms with E-state index in [0.29, 0.717) is 0 Å². The van der Waals surface area contributed by atoms with Gasteiger partial charge in [0.15, 0.2) is 0 Å². The Hall–Kier alpha value is -0.195. The molecule has 1 saturated carbocycles. The molecule has 0 N–H and O–H groups in total. The van der Waals surface area contributed by atoms with E-state index in [1.165, 1.54) is 18.4 Å². The Bertz CT molecular complexity index is 68.0. The Kier molecular flexibility index (Phi) is 0.996. The first-order valence-corrected chi connectivity index (χ1v) is 2.31. The Balaban J connectivity index is 2.24. The zero-order valence-corrected chi connectivity index (χ0v) is 3.78. The summed E-state index contributed by atoms with van der Waals surface area (Å²) in [6.07, 6.45) is 5.43. The molecule has 0 aromatic carbocycles. The molecule has 0 unspecified atom stereocenters. The second-order valence-electron chi connectivity index (χ2n) is 1.60. The molecule has 1 fully saturated rings. The molecule has 0 amide bonds. The minimum absolute atomic E-state index is 0.731. The molecule has 0 aromatic heterocycles. The average Bonchev–Trinajstić information content (AvgIpc) is 2.21. The quantitative estimate of drug-likeness (QED) is 0.327. The van der Waals surface area contributed by atoms with Crippen molar-refractivity contribution in [3.63, 3.8) is 0 Å². The van der Waals surface area contributed by atoms with E-state index in [1.807, 2.05) is 0 Å². The van der Waals surface area contributed by atoms with E-state index >= 15 is 0 Å². The molecule has 0 atom stereocenters. The number of allylic oxidation sites excluding steroid dienone is 2. The molecule has 0 aliphatic heterocycles. The van der Waals surface area contributed by atoms with Crippen molar-refractivity contribution in [2.75, 3.05) is 0 Å². The van der Waals surface area contributed by atoms with Crippen LogP contribution in [0.4, 0.5) is 0 Å². The largest absolute Gasteiger partial charge is 0.0939 e. The van der Waals surface area contributed by atoms with Gasteiger partial charge in [0, 0.05) is 0 Å². The van der Waals surface area contributed by atoms with Gasteiger partial charge in [-0.25, -0.2) is 0 Å². The molecule has 0 bridgehead atoms. The van der Waals surface area contributed by atoms with Crippen molar-refractivity contribution in [3.05, 3.63) is 11.6 Å². The van der Waals surface area contributed by atoms with Crippen molar-refractivity contribution < 1.29 is 0 Å². The Labute approximate surface area is 39.7 Å². The summed E-state index contributed by atoms with van der Waals surface area (Å²) in [5.41, 5.74) is 1.54. The first kappa shape index (κ1) is 3.98. The minimum Gasteiger partial charge on any atom is -0.0939 e. The molecule has 1 rings (SSSR count). The molecule has 0 spiro atoms. The van der Waals surface area contributed by atoms with Gasteiger partial charge in [-0.2, -0.15) is 0 Å².